The van der Waals surface area contributed by atoms with Crippen LogP contribution in [0.25, 0.3) is 0 Å². The van der Waals surface area contributed by atoms with Crippen LogP contribution >= 0.6 is 0 Å². The molecular formula is C11H11FN2O5. The van der Waals surface area contributed by atoms with E-state index in [-0.39, 0.29) is 24.3 Å². The fourth-order valence-corrected chi connectivity index (χ4v) is 1.25. The van der Waals surface area contributed by atoms with Crippen molar-refractivity contribution in [3.63, 3.8) is 0 Å². The molecule has 1 aromatic carbocycles. The Morgan fingerprint density at radius 1 is 1.37 bits per heavy atom. The molecule has 1 rings (SSSR count). The van der Waals surface area contributed by atoms with E-state index in [0.717, 1.165) is 18.2 Å². The summed E-state index contributed by atoms with van der Waals surface area (Å²) in [6.45, 7) is -0.176. The number of nitrogens with two attached hydrogens (primary N) is 1. The Morgan fingerprint density at radius 3 is 2.63 bits per heavy atom. The molecule has 3 amide bonds. The number of carbonyl (C=O) groups is 3. The van der Waals surface area contributed by atoms with Crippen LogP contribution in [0.2, 0.25) is 0 Å². The topological polar surface area (TPSA) is 119 Å². The number of primary amides is 1. The number of carboxylic acids is 1. The van der Waals surface area contributed by atoms with Gasteiger partial charge in [-0.15, -0.1) is 0 Å². The highest BCUT2D eigenvalue weighted by Crippen LogP contribution is 2.19. The normalized spacial score (nSPS) is 9.74. The molecule has 0 spiro atoms. The van der Waals surface area contributed by atoms with Crippen molar-refractivity contribution in [2.75, 3.05) is 6.61 Å². The maximum Gasteiger partial charge on any atom is 0.339 e. The SMILES string of the molecule is NC(=O)NC(=O)CCOc1ccc(F)cc1C(=O)O. The number of rotatable bonds is 5. The smallest absolute Gasteiger partial charge is 0.339 e. The van der Waals surface area contributed by atoms with Crippen molar-refractivity contribution in [2.45, 2.75) is 6.42 Å². The van der Waals surface area contributed by atoms with Gasteiger partial charge in [0.1, 0.15) is 17.1 Å². The number of urea groups is 1. The van der Waals surface area contributed by atoms with E-state index < -0.39 is 23.7 Å². The molecular weight excluding hydrogens is 259 g/mol. The molecule has 0 radical (unpaired) electrons. The Labute approximate surface area is 107 Å². The molecule has 0 aliphatic carbocycles. The molecule has 0 saturated heterocycles. The van der Waals surface area contributed by atoms with Gasteiger partial charge in [-0.3, -0.25) is 10.1 Å². The van der Waals surface area contributed by atoms with Gasteiger partial charge < -0.3 is 15.6 Å². The van der Waals surface area contributed by atoms with Gasteiger partial charge in [0.15, 0.2) is 0 Å². The van der Waals surface area contributed by atoms with Gasteiger partial charge in [-0.25, -0.2) is 14.0 Å². The lowest BCUT2D eigenvalue weighted by Crippen LogP contribution is -2.35. The van der Waals surface area contributed by atoms with Crippen molar-refractivity contribution >= 4 is 17.9 Å². The number of ether oxygens (including phenoxy) is 1. The summed E-state index contributed by atoms with van der Waals surface area (Å²) in [6, 6.07) is 2.00. The molecule has 0 saturated carbocycles. The van der Waals surface area contributed by atoms with Gasteiger partial charge in [0.2, 0.25) is 5.91 Å². The van der Waals surface area contributed by atoms with Crippen LogP contribution in [0.4, 0.5) is 9.18 Å². The first kappa shape index (κ1) is 14.4. The van der Waals surface area contributed by atoms with Crippen molar-refractivity contribution in [1.29, 1.82) is 0 Å². The number of carboxylic acid groups (broad SMARTS) is 1. The van der Waals surface area contributed by atoms with Crippen molar-refractivity contribution in [2.24, 2.45) is 5.73 Å². The Kier molecular flexibility index (Phi) is 4.81. The van der Waals surface area contributed by atoms with E-state index in [4.69, 9.17) is 15.6 Å². The van der Waals surface area contributed by atoms with Crippen molar-refractivity contribution in [1.82, 2.24) is 5.32 Å². The van der Waals surface area contributed by atoms with Crippen molar-refractivity contribution in [3.05, 3.63) is 29.6 Å². The summed E-state index contributed by atoms with van der Waals surface area (Å²) in [7, 11) is 0. The summed E-state index contributed by atoms with van der Waals surface area (Å²) in [5.41, 5.74) is 4.37. The first-order valence-corrected chi connectivity index (χ1v) is 5.15. The molecule has 8 heteroatoms. The van der Waals surface area contributed by atoms with Gasteiger partial charge in [0, 0.05) is 0 Å². The molecule has 1 aromatic rings. The second-order valence-corrected chi connectivity index (χ2v) is 3.46. The fourth-order valence-electron chi connectivity index (χ4n) is 1.25. The molecule has 0 bridgehead atoms. The lowest BCUT2D eigenvalue weighted by atomic mass is 10.2. The first-order chi connectivity index (χ1) is 8.90. The summed E-state index contributed by atoms with van der Waals surface area (Å²) in [6.07, 6.45) is -0.195. The van der Waals surface area contributed by atoms with E-state index in [0.29, 0.717) is 0 Å². The zero-order valence-electron chi connectivity index (χ0n) is 9.68. The first-order valence-electron chi connectivity index (χ1n) is 5.15. The van der Waals surface area contributed by atoms with Gasteiger partial charge in [-0.05, 0) is 18.2 Å². The summed E-state index contributed by atoms with van der Waals surface area (Å²) in [5.74, 6) is -2.79. The van der Waals surface area contributed by atoms with Gasteiger partial charge >= 0.3 is 12.0 Å². The Bertz CT molecular complexity index is 518. The minimum atomic E-state index is -1.35. The molecule has 0 heterocycles. The van der Waals surface area contributed by atoms with Crippen LogP contribution in [0.1, 0.15) is 16.8 Å². The van der Waals surface area contributed by atoms with Gasteiger partial charge in [0.05, 0.1) is 13.0 Å². The summed E-state index contributed by atoms with van der Waals surface area (Å²) >= 11 is 0. The molecule has 4 N–H and O–H groups in total. The van der Waals surface area contributed by atoms with Gasteiger partial charge in [0.25, 0.3) is 0 Å². The maximum absolute atomic E-state index is 12.9. The van der Waals surface area contributed by atoms with Crippen molar-refractivity contribution < 1.29 is 28.6 Å². The lowest BCUT2D eigenvalue weighted by Gasteiger charge is -2.08. The highest BCUT2D eigenvalue weighted by molar-refractivity contribution is 5.93. The highest BCUT2D eigenvalue weighted by Gasteiger charge is 2.13. The number of aromatic carboxylic acids is 1. The Morgan fingerprint density at radius 2 is 2.05 bits per heavy atom. The van der Waals surface area contributed by atoms with E-state index in [1.165, 1.54) is 0 Å². The van der Waals surface area contributed by atoms with E-state index >= 15 is 0 Å². The summed E-state index contributed by atoms with van der Waals surface area (Å²) < 4.78 is 17.9. The second-order valence-electron chi connectivity index (χ2n) is 3.46. The number of imide groups is 1. The standard InChI is InChI=1S/C11H11FN2O5/c12-6-1-2-8(7(5-6)10(16)17)19-4-3-9(15)14-11(13)18/h1-2,5H,3-4H2,(H,16,17)(H3,13,14,15,18). The van der Waals surface area contributed by atoms with Crippen LogP contribution in [-0.2, 0) is 4.79 Å². The zero-order chi connectivity index (χ0) is 14.4. The van der Waals surface area contributed by atoms with E-state index in [1.807, 2.05) is 5.32 Å². The maximum atomic E-state index is 12.9. The van der Waals surface area contributed by atoms with Crippen LogP contribution in [0.3, 0.4) is 0 Å². The quantitative estimate of drug-likeness (QED) is 0.719. The lowest BCUT2D eigenvalue weighted by molar-refractivity contribution is -0.120. The molecule has 7 nitrogen and oxygen atoms in total. The monoisotopic (exact) mass is 270 g/mol. The number of nitrogens with one attached hydrogen (secondary N) is 1. The number of amides is 3. The predicted octanol–water partition coefficient (Wildman–Crippen LogP) is 0.488. The molecule has 0 aromatic heterocycles. The third kappa shape index (κ3) is 4.62. The molecule has 0 unspecified atom stereocenters. The average molecular weight is 270 g/mol. The number of carbonyl (C=O) groups excluding carboxylic acids is 2. The van der Waals surface area contributed by atoms with E-state index in [1.54, 1.807) is 0 Å². The van der Waals surface area contributed by atoms with Crippen LogP contribution in [0.5, 0.6) is 5.75 Å². The zero-order valence-corrected chi connectivity index (χ0v) is 9.68. The predicted molar refractivity (Wildman–Crippen MR) is 61.2 cm³/mol. The minimum Gasteiger partial charge on any atom is -0.492 e. The van der Waals surface area contributed by atoms with Crippen LogP contribution < -0.4 is 15.8 Å². The third-order valence-electron chi connectivity index (χ3n) is 2.02. The van der Waals surface area contributed by atoms with Crippen LogP contribution in [0.15, 0.2) is 18.2 Å². The Balaban J connectivity index is 2.61. The summed E-state index contributed by atoms with van der Waals surface area (Å²) in [4.78, 5) is 32.2. The van der Waals surface area contributed by atoms with E-state index in [9.17, 15) is 18.8 Å². The number of benzene rings is 1. The Hall–Kier alpha value is -2.64. The molecule has 0 aliphatic rings. The molecule has 0 fully saturated rings. The third-order valence-corrected chi connectivity index (χ3v) is 2.02. The number of halogens is 1. The van der Waals surface area contributed by atoms with Crippen LogP contribution in [0, 0.1) is 5.82 Å². The second kappa shape index (κ2) is 6.34. The fraction of sp³-hybridized carbons (Fsp3) is 0.182. The van der Waals surface area contributed by atoms with Gasteiger partial charge in [-0.2, -0.15) is 0 Å². The summed E-state index contributed by atoms with van der Waals surface area (Å²) in [5, 5.41) is 10.6. The molecule has 102 valence electrons. The number of hydrogen-bond acceptors (Lipinski definition) is 4. The van der Waals surface area contributed by atoms with E-state index in [2.05, 4.69) is 0 Å². The van der Waals surface area contributed by atoms with Crippen molar-refractivity contribution in [3.8, 4) is 5.75 Å². The van der Waals surface area contributed by atoms with Gasteiger partial charge in [-0.1, -0.05) is 0 Å². The largest absolute Gasteiger partial charge is 0.492 e. The molecule has 0 atom stereocenters. The number of hydrogen-bond donors (Lipinski definition) is 3. The molecule has 19 heavy (non-hydrogen) atoms. The molecule has 0 aliphatic heterocycles. The minimum absolute atomic E-state index is 0.0687. The highest BCUT2D eigenvalue weighted by atomic mass is 19.1. The average Bonchev–Trinajstić information content (AvgIpc) is 2.29. The van der Waals surface area contributed by atoms with Crippen LogP contribution in [-0.4, -0.2) is 29.6 Å².